The number of nitro groups is 1. The zero-order valence-corrected chi connectivity index (χ0v) is 13.5. The fraction of sp³-hybridized carbons (Fsp3) is 0.250. The van der Waals surface area contributed by atoms with Crippen molar-refractivity contribution in [3.05, 3.63) is 73.7 Å². The van der Waals surface area contributed by atoms with Crippen LogP contribution in [0.4, 0.5) is 5.69 Å². The maximum absolute atomic E-state index is 11.2. The quantitative estimate of drug-likeness (QED) is 0.433. The molecule has 0 N–H and O–H groups in total. The maximum atomic E-state index is 11.2. The Hall–Kier alpha value is -1.39. The number of hydrogen-bond donors (Lipinski definition) is 0. The van der Waals surface area contributed by atoms with E-state index in [9.17, 15) is 10.1 Å². The number of nitrogens with zero attached hydrogens (tertiary/aromatic N) is 1. The molecule has 0 heterocycles. The highest BCUT2D eigenvalue weighted by Crippen LogP contribution is 2.43. The zero-order valence-electron chi connectivity index (χ0n) is 11.1. The van der Waals surface area contributed by atoms with Crippen LogP contribution in [0.2, 0.25) is 0 Å². The van der Waals surface area contributed by atoms with Crippen molar-refractivity contribution >= 4 is 33.2 Å². The molecule has 0 saturated heterocycles. The average Bonchev–Trinajstić information content (AvgIpc) is 2.78. The lowest BCUT2D eigenvalue weighted by Crippen LogP contribution is -2.08. The van der Waals surface area contributed by atoms with Gasteiger partial charge in [0.1, 0.15) is 0 Å². The second kappa shape index (κ2) is 5.78. The molecule has 3 nitrogen and oxygen atoms in total. The maximum Gasteiger partial charge on any atom is 0.273 e. The lowest BCUT2D eigenvalue weighted by atomic mass is 9.95. The zero-order chi connectivity index (χ0) is 15.0. The second-order valence-corrected chi connectivity index (χ2v) is 6.68. The van der Waals surface area contributed by atoms with Crippen LogP contribution in [0.3, 0.4) is 0 Å². The summed E-state index contributed by atoms with van der Waals surface area (Å²) in [5, 5.41) is 11.1. The first-order chi connectivity index (χ1) is 10.1. The number of hydrogen-bond acceptors (Lipinski definition) is 2. The Balaban J connectivity index is 1.88. The van der Waals surface area contributed by atoms with E-state index < -0.39 is 0 Å². The molecule has 1 aliphatic rings. The number of benzene rings is 2. The predicted octanol–water partition coefficient (Wildman–Crippen LogP) is 5.05. The first kappa shape index (κ1) is 14.5. The van der Waals surface area contributed by atoms with Crippen molar-refractivity contribution < 1.29 is 4.92 Å². The minimum Gasteiger partial charge on any atom is -0.258 e. The summed E-state index contributed by atoms with van der Waals surface area (Å²) in [5.41, 5.74) is 3.31. The van der Waals surface area contributed by atoms with E-state index in [1.54, 1.807) is 6.07 Å². The van der Waals surface area contributed by atoms with E-state index in [1.807, 2.05) is 30.3 Å². The lowest BCUT2D eigenvalue weighted by Gasteiger charge is -2.14. The largest absolute Gasteiger partial charge is 0.273 e. The first-order valence-electron chi connectivity index (χ1n) is 6.71. The molecule has 108 valence electrons. The summed E-state index contributed by atoms with van der Waals surface area (Å²) in [4.78, 5) is 10.9. The fourth-order valence-corrected chi connectivity index (χ4v) is 3.71. The highest BCUT2D eigenvalue weighted by molar-refractivity contribution is 9.10. The molecule has 0 aliphatic heterocycles. The van der Waals surface area contributed by atoms with Gasteiger partial charge < -0.3 is 0 Å². The molecule has 0 fully saturated rings. The molecule has 0 amide bonds. The van der Waals surface area contributed by atoms with E-state index >= 15 is 0 Å². The topological polar surface area (TPSA) is 43.1 Å². The highest BCUT2D eigenvalue weighted by atomic mass is 79.9. The number of halogens is 2. The summed E-state index contributed by atoms with van der Waals surface area (Å²) < 4.78 is 0.718. The number of nitro benzene ring substituents is 1. The molecule has 0 bridgehead atoms. The summed E-state index contributed by atoms with van der Waals surface area (Å²) in [7, 11) is 0. The van der Waals surface area contributed by atoms with Crippen LogP contribution in [0.1, 0.15) is 22.1 Å². The van der Waals surface area contributed by atoms with Crippen molar-refractivity contribution in [2.24, 2.45) is 5.92 Å². The van der Waals surface area contributed by atoms with E-state index in [4.69, 9.17) is 11.6 Å². The number of rotatable bonds is 3. The molecule has 0 aromatic heterocycles. The SMILES string of the molecule is O=[N+]([O-])c1cc(Br)ccc1CC1Cc2ccccc2C1Cl. The minimum atomic E-state index is -0.328. The normalized spacial score (nSPS) is 20.3. The van der Waals surface area contributed by atoms with Crippen molar-refractivity contribution in [2.75, 3.05) is 0 Å². The fourth-order valence-electron chi connectivity index (χ4n) is 2.97. The summed E-state index contributed by atoms with van der Waals surface area (Å²) in [5.74, 6) is 0.198. The molecular weight excluding hydrogens is 354 g/mol. The van der Waals surface area contributed by atoms with E-state index in [0.29, 0.717) is 6.42 Å². The first-order valence-corrected chi connectivity index (χ1v) is 7.94. The van der Waals surface area contributed by atoms with Crippen molar-refractivity contribution in [1.82, 2.24) is 0 Å². The molecule has 0 saturated carbocycles. The molecule has 3 rings (SSSR count). The van der Waals surface area contributed by atoms with Gasteiger partial charge in [0, 0.05) is 16.1 Å². The second-order valence-electron chi connectivity index (χ2n) is 5.30. The van der Waals surface area contributed by atoms with Gasteiger partial charge >= 0.3 is 0 Å². The van der Waals surface area contributed by atoms with E-state index in [-0.39, 0.29) is 21.9 Å². The van der Waals surface area contributed by atoms with E-state index in [2.05, 4.69) is 22.0 Å². The molecule has 21 heavy (non-hydrogen) atoms. The van der Waals surface area contributed by atoms with Gasteiger partial charge in [0.15, 0.2) is 0 Å². The van der Waals surface area contributed by atoms with Gasteiger partial charge in [-0.05, 0) is 36.0 Å². The average molecular weight is 367 g/mol. The van der Waals surface area contributed by atoms with Crippen molar-refractivity contribution in [3.8, 4) is 0 Å². The van der Waals surface area contributed by atoms with Crippen LogP contribution >= 0.6 is 27.5 Å². The van der Waals surface area contributed by atoms with E-state index in [0.717, 1.165) is 22.0 Å². The van der Waals surface area contributed by atoms with Crippen LogP contribution in [0.5, 0.6) is 0 Å². The lowest BCUT2D eigenvalue weighted by molar-refractivity contribution is -0.385. The standard InChI is InChI=1S/C16H13BrClNO2/c17-13-6-5-11(15(9-13)19(20)21)8-12-7-10-3-1-2-4-14(10)16(12)18/h1-6,9,12,16H,7-8H2. The molecule has 2 atom stereocenters. The predicted molar refractivity (Wildman–Crippen MR) is 86.7 cm³/mol. The van der Waals surface area contributed by atoms with Crippen LogP contribution < -0.4 is 0 Å². The molecule has 0 radical (unpaired) electrons. The van der Waals surface area contributed by atoms with Gasteiger partial charge in [0.05, 0.1) is 10.3 Å². The third-order valence-electron chi connectivity index (χ3n) is 3.97. The molecular formula is C16H13BrClNO2. The van der Waals surface area contributed by atoms with Crippen molar-refractivity contribution in [2.45, 2.75) is 18.2 Å². The molecule has 2 aromatic carbocycles. The van der Waals surface area contributed by atoms with Crippen molar-refractivity contribution in [1.29, 1.82) is 0 Å². The van der Waals surface area contributed by atoms with Crippen LogP contribution in [-0.4, -0.2) is 4.92 Å². The molecule has 2 aromatic rings. The third kappa shape index (κ3) is 2.83. The monoisotopic (exact) mass is 365 g/mol. The molecule has 5 heteroatoms. The Bertz CT molecular complexity index is 704. The van der Waals surface area contributed by atoms with Gasteiger partial charge in [0.25, 0.3) is 5.69 Å². The van der Waals surface area contributed by atoms with Crippen molar-refractivity contribution in [3.63, 3.8) is 0 Å². The van der Waals surface area contributed by atoms with E-state index in [1.165, 1.54) is 5.56 Å². The molecule has 1 aliphatic carbocycles. The Morgan fingerprint density at radius 1 is 1.29 bits per heavy atom. The summed E-state index contributed by atoms with van der Waals surface area (Å²) in [6.07, 6.45) is 1.49. The van der Waals surface area contributed by atoms with Gasteiger partial charge in [-0.3, -0.25) is 10.1 Å². The van der Waals surface area contributed by atoms with Gasteiger partial charge in [-0.2, -0.15) is 0 Å². The Kier molecular flexibility index (Phi) is 4.00. The van der Waals surface area contributed by atoms with Crippen LogP contribution in [-0.2, 0) is 12.8 Å². The summed E-state index contributed by atoms with van der Waals surface area (Å²) in [6, 6.07) is 13.3. The van der Waals surface area contributed by atoms with Gasteiger partial charge in [-0.25, -0.2) is 0 Å². The van der Waals surface area contributed by atoms with Gasteiger partial charge in [0.2, 0.25) is 0 Å². The van der Waals surface area contributed by atoms with Gasteiger partial charge in [-0.15, -0.1) is 11.6 Å². The number of fused-ring (bicyclic) bond motifs is 1. The Morgan fingerprint density at radius 2 is 2.05 bits per heavy atom. The summed E-state index contributed by atoms with van der Waals surface area (Å²) in [6.45, 7) is 0. The minimum absolute atomic E-state index is 0.0792. The van der Waals surface area contributed by atoms with Crippen LogP contribution in [0, 0.1) is 16.0 Å². The number of alkyl halides is 1. The molecule has 2 unspecified atom stereocenters. The molecule has 0 spiro atoms. The smallest absolute Gasteiger partial charge is 0.258 e. The van der Waals surface area contributed by atoms with Gasteiger partial charge in [-0.1, -0.05) is 46.3 Å². The Labute approximate surface area is 136 Å². The highest BCUT2D eigenvalue weighted by Gasteiger charge is 2.32. The Morgan fingerprint density at radius 3 is 2.76 bits per heavy atom. The summed E-state index contributed by atoms with van der Waals surface area (Å²) >= 11 is 9.82. The van der Waals surface area contributed by atoms with Crippen LogP contribution in [0.15, 0.2) is 46.9 Å². The van der Waals surface area contributed by atoms with Crippen LogP contribution in [0.25, 0.3) is 0 Å². The third-order valence-corrected chi connectivity index (χ3v) is 5.06.